The minimum atomic E-state index is -3.74. The van der Waals surface area contributed by atoms with E-state index in [0.717, 1.165) is 5.56 Å². The molecular formula is C15H17N3O3S. The van der Waals surface area contributed by atoms with Crippen molar-refractivity contribution in [2.75, 3.05) is 6.54 Å². The van der Waals surface area contributed by atoms with Crippen molar-refractivity contribution in [1.82, 2.24) is 4.31 Å². The topological polar surface area (TPSA) is 96.0 Å². The normalized spacial score (nSPS) is 12.5. The highest BCUT2D eigenvalue weighted by Crippen LogP contribution is 2.17. The average molecular weight is 319 g/mol. The lowest BCUT2D eigenvalue weighted by Gasteiger charge is -2.21. The average Bonchev–Trinajstić information content (AvgIpc) is 2.56. The van der Waals surface area contributed by atoms with Gasteiger partial charge in [0, 0.05) is 6.54 Å². The van der Waals surface area contributed by atoms with Gasteiger partial charge in [-0.15, -0.1) is 0 Å². The molecule has 7 heteroatoms. The fourth-order valence-corrected chi connectivity index (χ4v) is 3.39. The standard InChI is InChI=1S/C15H17N3O3S/c16-15(17-19)12-18(11-13-7-3-1-4-8-13)22(20,21)14-9-5-2-6-10-14/h1-10,19H,11-12H2,(H2,16,17). The largest absolute Gasteiger partial charge is 0.409 e. The van der Waals surface area contributed by atoms with E-state index in [4.69, 9.17) is 10.9 Å². The lowest BCUT2D eigenvalue weighted by molar-refractivity contribution is 0.314. The predicted octanol–water partition coefficient (Wildman–Crippen LogP) is 1.62. The number of sulfonamides is 1. The molecule has 0 aliphatic heterocycles. The SMILES string of the molecule is NC(CN(Cc1ccccc1)S(=O)(=O)c1ccccc1)=NO. The second-order valence-electron chi connectivity index (χ2n) is 4.66. The summed E-state index contributed by atoms with van der Waals surface area (Å²) in [5, 5.41) is 11.6. The van der Waals surface area contributed by atoms with Gasteiger partial charge in [-0.05, 0) is 17.7 Å². The van der Waals surface area contributed by atoms with Gasteiger partial charge in [0.05, 0.1) is 11.4 Å². The highest BCUT2D eigenvalue weighted by atomic mass is 32.2. The summed E-state index contributed by atoms with van der Waals surface area (Å²) < 4.78 is 26.6. The van der Waals surface area contributed by atoms with Gasteiger partial charge in [0.2, 0.25) is 10.0 Å². The number of amidine groups is 1. The quantitative estimate of drug-likeness (QED) is 0.366. The van der Waals surface area contributed by atoms with Crippen LogP contribution in [-0.2, 0) is 16.6 Å². The van der Waals surface area contributed by atoms with Crippen LogP contribution in [0, 0.1) is 0 Å². The zero-order valence-electron chi connectivity index (χ0n) is 11.8. The molecule has 0 aliphatic carbocycles. The molecule has 6 nitrogen and oxygen atoms in total. The van der Waals surface area contributed by atoms with Crippen molar-refractivity contribution >= 4 is 15.9 Å². The molecule has 0 saturated heterocycles. The van der Waals surface area contributed by atoms with Crippen LogP contribution < -0.4 is 5.73 Å². The molecule has 0 fully saturated rings. The Morgan fingerprint density at radius 2 is 1.59 bits per heavy atom. The van der Waals surface area contributed by atoms with E-state index >= 15 is 0 Å². The van der Waals surface area contributed by atoms with Crippen LogP contribution in [0.3, 0.4) is 0 Å². The Kier molecular flexibility index (Phi) is 5.13. The van der Waals surface area contributed by atoms with Gasteiger partial charge >= 0.3 is 0 Å². The van der Waals surface area contributed by atoms with Crippen LogP contribution in [0.15, 0.2) is 70.7 Å². The van der Waals surface area contributed by atoms with Gasteiger partial charge in [-0.2, -0.15) is 4.31 Å². The molecule has 0 heterocycles. The maximum atomic E-state index is 12.7. The summed E-state index contributed by atoms with van der Waals surface area (Å²) in [7, 11) is -3.74. The van der Waals surface area contributed by atoms with Crippen LogP contribution in [0.4, 0.5) is 0 Å². The monoisotopic (exact) mass is 319 g/mol. The zero-order valence-corrected chi connectivity index (χ0v) is 12.6. The molecular weight excluding hydrogens is 302 g/mol. The van der Waals surface area contributed by atoms with Gasteiger partial charge in [0.25, 0.3) is 0 Å². The Morgan fingerprint density at radius 3 is 2.14 bits per heavy atom. The molecule has 0 radical (unpaired) electrons. The van der Waals surface area contributed by atoms with Crippen molar-refractivity contribution in [3.8, 4) is 0 Å². The Labute approximate surface area is 129 Å². The number of benzene rings is 2. The minimum absolute atomic E-state index is 0.133. The lowest BCUT2D eigenvalue weighted by atomic mass is 10.2. The van der Waals surface area contributed by atoms with Crippen LogP contribution in [0.25, 0.3) is 0 Å². The molecule has 0 aromatic heterocycles. The Hall–Kier alpha value is -2.38. The van der Waals surface area contributed by atoms with E-state index in [9.17, 15) is 8.42 Å². The van der Waals surface area contributed by atoms with Gasteiger partial charge in [-0.25, -0.2) is 8.42 Å². The molecule has 0 saturated carbocycles. The van der Waals surface area contributed by atoms with Crippen molar-refractivity contribution < 1.29 is 13.6 Å². The predicted molar refractivity (Wildman–Crippen MR) is 83.9 cm³/mol. The summed E-state index contributed by atoms with van der Waals surface area (Å²) in [6.45, 7) is -0.0586. The first kappa shape index (κ1) is 16.0. The lowest BCUT2D eigenvalue weighted by Crippen LogP contribution is -2.38. The van der Waals surface area contributed by atoms with Crippen molar-refractivity contribution in [2.24, 2.45) is 10.9 Å². The molecule has 2 aromatic carbocycles. The van der Waals surface area contributed by atoms with Gasteiger partial charge in [0.1, 0.15) is 0 Å². The molecule has 0 atom stereocenters. The van der Waals surface area contributed by atoms with Crippen LogP contribution in [0.5, 0.6) is 0 Å². The van der Waals surface area contributed by atoms with Gasteiger partial charge in [0.15, 0.2) is 5.84 Å². The van der Waals surface area contributed by atoms with Crippen LogP contribution in [-0.4, -0.2) is 30.3 Å². The number of hydrogen-bond donors (Lipinski definition) is 2. The first-order chi connectivity index (χ1) is 10.5. The van der Waals surface area contributed by atoms with E-state index in [0.29, 0.717) is 0 Å². The fraction of sp³-hybridized carbons (Fsp3) is 0.133. The third-order valence-electron chi connectivity index (χ3n) is 3.05. The van der Waals surface area contributed by atoms with Gasteiger partial charge < -0.3 is 10.9 Å². The van der Waals surface area contributed by atoms with Crippen molar-refractivity contribution in [3.63, 3.8) is 0 Å². The number of nitrogens with two attached hydrogens (primary N) is 1. The first-order valence-electron chi connectivity index (χ1n) is 6.59. The number of rotatable bonds is 6. The molecule has 2 rings (SSSR count). The van der Waals surface area contributed by atoms with E-state index < -0.39 is 10.0 Å². The molecule has 3 N–H and O–H groups in total. The highest BCUT2D eigenvalue weighted by molar-refractivity contribution is 7.89. The van der Waals surface area contributed by atoms with E-state index in [1.165, 1.54) is 16.4 Å². The van der Waals surface area contributed by atoms with E-state index in [-0.39, 0.29) is 23.8 Å². The molecule has 2 aromatic rings. The molecule has 0 unspecified atom stereocenters. The summed E-state index contributed by atoms with van der Waals surface area (Å²) in [5.41, 5.74) is 6.31. The maximum absolute atomic E-state index is 12.7. The highest BCUT2D eigenvalue weighted by Gasteiger charge is 2.25. The summed E-state index contributed by atoms with van der Waals surface area (Å²) >= 11 is 0. The Bertz CT molecular complexity index is 731. The van der Waals surface area contributed by atoms with E-state index in [2.05, 4.69) is 5.16 Å². The van der Waals surface area contributed by atoms with Crippen LogP contribution in [0.1, 0.15) is 5.56 Å². The molecule has 0 bridgehead atoms. The smallest absolute Gasteiger partial charge is 0.243 e. The second kappa shape index (κ2) is 7.06. The van der Waals surface area contributed by atoms with Crippen molar-refractivity contribution in [3.05, 3.63) is 66.2 Å². The summed E-state index contributed by atoms with van der Waals surface area (Å²) in [4.78, 5) is 0.164. The molecule has 0 amide bonds. The molecule has 22 heavy (non-hydrogen) atoms. The van der Waals surface area contributed by atoms with E-state index in [1.807, 2.05) is 30.3 Å². The summed E-state index contributed by atoms with van der Waals surface area (Å²) in [5.74, 6) is -0.171. The first-order valence-corrected chi connectivity index (χ1v) is 8.03. The molecule has 116 valence electrons. The molecule has 0 spiro atoms. The van der Waals surface area contributed by atoms with Gasteiger partial charge in [-0.1, -0.05) is 53.7 Å². The molecule has 0 aliphatic rings. The number of oxime groups is 1. The Balaban J connectivity index is 2.35. The Morgan fingerprint density at radius 1 is 1.05 bits per heavy atom. The fourth-order valence-electron chi connectivity index (χ4n) is 1.97. The van der Waals surface area contributed by atoms with Crippen LogP contribution in [0.2, 0.25) is 0 Å². The van der Waals surface area contributed by atoms with Crippen LogP contribution >= 0.6 is 0 Å². The zero-order chi connectivity index (χ0) is 16.0. The third kappa shape index (κ3) is 3.84. The number of hydrogen-bond acceptors (Lipinski definition) is 4. The second-order valence-corrected chi connectivity index (χ2v) is 6.60. The van der Waals surface area contributed by atoms with Gasteiger partial charge in [-0.3, -0.25) is 0 Å². The third-order valence-corrected chi connectivity index (χ3v) is 4.86. The summed E-state index contributed by atoms with van der Waals surface area (Å²) in [6.07, 6.45) is 0. The summed E-state index contributed by atoms with van der Waals surface area (Å²) in [6, 6.07) is 17.2. The number of nitrogens with zero attached hydrogens (tertiary/aromatic N) is 2. The van der Waals surface area contributed by atoms with E-state index in [1.54, 1.807) is 18.2 Å². The maximum Gasteiger partial charge on any atom is 0.243 e. The minimum Gasteiger partial charge on any atom is -0.409 e. The van der Waals surface area contributed by atoms with Crippen molar-refractivity contribution in [1.29, 1.82) is 0 Å². The van der Waals surface area contributed by atoms with Crippen molar-refractivity contribution in [2.45, 2.75) is 11.4 Å².